The number of nitro groups is 1. The molecule has 9 heteroatoms. The van der Waals surface area contributed by atoms with E-state index in [1.165, 1.54) is 13.8 Å². The fraction of sp³-hybridized carbons (Fsp3) is 0.680. The summed E-state index contributed by atoms with van der Waals surface area (Å²) in [6, 6.07) is 5.03. The molecule has 4 rings (SSSR count). The molecule has 0 aliphatic heterocycles. The molecule has 3 aliphatic rings. The highest BCUT2D eigenvalue weighted by molar-refractivity contribution is 6.70. The first kappa shape index (κ1) is 24.7. The number of nitrogens with zero attached hydrogens (tertiary/aromatic N) is 1. The fourth-order valence-corrected chi connectivity index (χ4v) is 7.67. The standard InChI is InChI=1S/C25H35NO7Si/c1-14(27)31-23-13-21-19-12-22(26(29)30)20-11-16(33-34(4,5)6)7-8-17(20)18(19)9-10-25(21,3)24(23)32-15(2)28/h7-8,11,18-19,21-24H,9-10,12-13H2,1-6H3. The SMILES string of the molecule is CC(=O)OC1CC2C3CC([N+](=O)[O-])c4cc(O[Si](C)(C)C)ccc4C3CCC2(C)C1OC(C)=O. The van der Waals surface area contributed by atoms with E-state index in [1.54, 1.807) is 0 Å². The molecule has 0 radical (unpaired) electrons. The van der Waals surface area contributed by atoms with E-state index in [4.69, 9.17) is 13.9 Å². The Morgan fingerprint density at radius 3 is 2.35 bits per heavy atom. The van der Waals surface area contributed by atoms with Gasteiger partial charge in [0, 0.05) is 36.2 Å². The van der Waals surface area contributed by atoms with E-state index in [-0.39, 0.29) is 22.7 Å². The Kier molecular flexibility index (Phi) is 6.29. The van der Waals surface area contributed by atoms with Gasteiger partial charge in [0.15, 0.2) is 0 Å². The number of hydrogen-bond acceptors (Lipinski definition) is 7. The largest absolute Gasteiger partial charge is 0.544 e. The van der Waals surface area contributed by atoms with Crippen molar-refractivity contribution in [3.05, 3.63) is 39.4 Å². The second-order valence-electron chi connectivity index (χ2n) is 11.4. The van der Waals surface area contributed by atoms with Crippen LogP contribution in [0.5, 0.6) is 5.75 Å². The van der Waals surface area contributed by atoms with Crippen molar-refractivity contribution in [1.82, 2.24) is 0 Å². The number of esters is 2. The van der Waals surface area contributed by atoms with Gasteiger partial charge in [0.1, 0.15) is 18.0 Å². The molecular weight excluding hydrogens is 454 g/mol. The molecule has 34 heavy (non-hydrogen) atoms. The van der Waals surface area contributed by atoms with Gasteiger partial charge in [0.25, 0.3) is 0 Å². The highest BCUT2D eigenvalue weighted by Crippen LogP contribution is 2.63. The summed E-state index contributed by atoms with van der Waals surface area (Å²) in [5.41, 5.74) is 1.39. The van der Waals surface area contributed by atoms with Crippen LogP contribution in [0.15, 0.2) is 18.2 Å². The third-order valence-corrected chi connectivity index (χ3v) is 8.80. The minimum atomic E-state index is -1.85. The monoisotopic (exact) mass is 489 g/mol. The summed E-state index contributed by atoms with van der Waals surface area (Å²) in [4.78, 5) is 35.7. The minimum absolute atomic E-state index is 0.0454. The van der Waals surface area contributed by atoms with Crippen molar-refractivity contribution in [3.63, 3.8) is 0 Å². The van der Waals surface area contributed by atoms with Crippen LogP contribution in [0.3, 0.4) is 0 Å². The van der Waals surface area contributed by atoms with Gasteiger partial charge in [-0.05, 0) is 74.4 Å². The third kappa shape index (κ3) is 4.46. The molecule has 8 nitrogen and oxygen atoms in total. The topological polar surface area (TPSA) is 105 Å². The summed E-state index contributed by atoms with van der Waals surface area (Å²) in [6.45, 7) is 11.1. The van der Waals surface area contributed by atoms with Gasteiger partial charge in [-0.3, -0.25) is 19.7 Å². The Morgan fingerprint density at radius 1 is 1.09 bits per heavy atom. The first-order valence-corrected chi connectivity index (χ1v) is 15.5. The van der Waals surface area contributed by atoms with Crippen LogP contribution >= 0.6 is 0 Å². The molecule has 2 saturated carbocycles. The summed E-state index contributed by atoms with van der Waals surface area (Å²) in [6.07, 6.45) is 1.53. The number of fused-ring (bicyclic) bond motifs is 5. The fourth-order valence-electron chi connectivity index (χ4n) is 6.84. The molecular formula is C25H35NO7Si. The summed E-state index contributed by atoms with van der Waals surface area (Å²) in [7, 11) is -1.85. The van der Waals surface area contributed by atoms with Gasteiger partial charge in [0.2, 0.25) is 14.4 Å². The smallest absolute Gasteiger partial charge is 0.303 e. The third-order valence-electron chi connectivity index (χ3n) is 7.95. The second kappa shape index (κ2) is 8.66. The maximum absolute atomic E-state index is 12.2. The highest BCUT2D eigenvalue weighted by atomic mass is 28.4. The zero-order valence-corrected chi connectivity index (χ0v) is 21.8. The first-order valence-electron chi connectivity index (χ1n) is 12.1. The van der Waals surface area contributed by atoms with E-state index in [1.807, 2.05) is 18.2 Å². The lowest BCUT2D eigenvalue weighted by Gasteiger charge is -2.50. The summed E-state index contributed by atoms with van der Waals surface area (Å²) < 4.78 is 17.5. The zero-order chi connectivity index (χ0) is 25.0. The number of carbonyl (C=O) groups excluding carboxylic acids is 2. The molecule has 0 saturated heterocycles. The maximum atomic E-state index is 12.2. The molecule has 0 bridgehead atoms. The quantitative estimate of drug-likeness (QED) is 0.248. The van der Waals surface area contributed by atoms with Crippen LogP contribution in [-0.2, 0) is 19.1 Å². The molecule has 7 unspecified atom stereocenters. The molecule has 1 aromatic rings. The van der Waals surface area contributed by atoms with Crippen molar-refractivity contribution in [2.75, 3.05) is 0 Å². The first-order chi connectivity index (χ1) is 15.8. The predicted octanol–water partition coefficient (Wildman–Crippen LogP) is 5.01. The number of ether oxygens (including phenoxy) is 2. The van der Waals surface area contributed by atoms with E-state index >= 15 is 0 Å². The zero-order valence-electron chi connectivity index (χ0n) is 20.8. The van der Waals surface area contributed by atoms with E-state index in [9.17, 15) is 19.7 Å². The van der Waals surface area contributed by atoms with Crippen molar-refractivity contribution in [3.8, 4) is 5.75 Å². The van der Waals surface area contributed by atoms with Gasteiger partial charge in [0.05, 0.1) is 0 Å². The number of rotatable bonds is 5. The Hall–Kier alpha value is -2.42. The van der Waals surface area contributed by atoms with Crippen molar-refractivity contribution < 1.29 is 28.4 Å². The summed E-state index contributed by atoms with van der Waals surface area (Å²) >= 11 is 0. The lowest BCUT2D eigenvalue weighted by Crippen LogP contribution is -2.47. The number of benzene rings is 1. The van der Waals surface area contributed by atoms with Crippen molar-refractivity contribution in [2.45, 2.75) is 90.3 Å². The van der Waals surface area contributed by atoms with Gasteiger partial charge >= 0.3 is 11.9 Å². The Labute approximate surface area is 201 Å². The van der Waals surface area contributed by atoms with E-state index in [0.29, 0.717) is 18.6 Å². The Balaban J connectivity index is 1.72. The van der Waals surface area contributed by atoms with Crippen molar-refractivity contribution in [2.24, 2.45) is 17.3 Å². The average molecular weight is 490 g/mol. The lowest BCUT2D eigenvalue weighted by atomic mass is 9.54. The number of hydrogen-bond donors (Lipinski definition) is 0. The Bertz CT molecular complexity index is 1010. The van der Waals surface area contributed by atoms with E-state index < -0.39 is 43.9 Å². The predicted molar refractivity (Wildman–Crippen MR) is 128 cm³/mol. The van der Waals surface area contributed by atoms with E-state index in [2.05, 4.69) is 26.6 Å². The summed E-state index contributed by atoms with van der Waals surface area (Å²) in [5.74, 6) is 0.164. The van der Waals surface area contributed by atoms with E-state index in [0.717, 1.165) is 24.0 Å². The average Bonchev–Trinajstić information content (AvgIpc) is 2.96. The van der Waals surface area contributed by atoms with Crippen LogP contribution in [0.4, 0.5) is 0 Å². The molecule has 2 fully saturated rings. The normalized spacial score (nSPS) is 34.3. The molecule has 186 valence electrons. The minimum Gasteiger partial charge on any atom is -0.544 e. The highest BCUT2D eigenvalue weighted by Gasteiger charge is 2.62. The van der Waals surface area contributed by atoms with Crippen LogP contribution in [0.25, 0.3) is 0 Å². The maximum Gasteiger partial charge on any atom is 0.303 e. The van der Waals surface area contributed by atoms with Crippen molar-refractivity contribution in [1.29, 1.82) is 0 Å². The van der Waals surface area contributed by atoms with Gasteiger partial charge < -0.3 is 13.9 Å². The molecule has 0 N–H and O–H groups in total. The van der Waals surface area contributed by atoms with Gasteiger partial charge in [-0.15, -0.1) is 0 Å². The van der Waals surface area contributed by atoms with Crippen LogP contribution in [-0.4, -0.2) is 37.4 Å². The van der Waals surface area contributed by atoms with Crippen LogP contribution in [0.2, 0.25) is 19.6 Å². The van der Waals surface area contributed by atoms with Crippen molar-refractivity contribution >= 4 is 20.3 Å². The lowest BCUT2D eigenvalue weighted by molar-refractivity contribution is -0.533. The van der Waals surface area contributed by atoms with Crippen LogP contribution in [0.1, 0.15) is 69.5 Å². The Morgan fingerprint density at radius 2 is 1.76 bits per heavy atom. The molecule has 0 heterocycles. The van der Waals surface area contributed by atoms with Crippen LogP contribution in [0, 0.1) is 27.4 Å². The second-order valence-corrected chi connectivity index (χ2v) is 15.8. The molecule has 3 aliphatic carbocycles. The summed E-state index contributed by atoms with van der Waals surface area (Å²) in [5, 5.41) is 12.2. The molecule has 7 atom stereocenters. The van der Waals surface area contributed by atoms with Gasteiger partial charge in [-0.25, -0.2) is 0 Å². The number of carbonyl (C=O) groups is 2. The van der Waals surface area contributed by atoms with Crippen LogP contribution < -0.4 is 4.43 Å². The molecule has 0 amide bonds. The van der Waals surface area contributed by atoms with Gasteiger partial charge in [-0.1, -0.05) is 13.0 Å². The molecule has 0 aromatic heterocycles. The molecule has 0 spiro atoms. The van der Waals surface area contributed by atoms with Gasteiger partial charge in [-0.2, -0.15) is 0 Å². The molecule has 1 aromatic carbocycles.